The van der Waals surface area contributed by atoms with Gasteiger partial charge in [0.05, 0.1) is 0 Å². The Labute approximate surface area is 69.4 Å². The van der Waals surface area contributed by atoms with Crippen molar-refractivity contribution in [3.63, 3.8) is 0 Å². The van der Waals surface area contributed by atoms with Crippen LogP contribution in [0.15, 0.2) is 0 Å². The Hall–Kier alpha value is 0. The first-order valence-electron chi connectivity index (χ1n) is 5.47. The van der Waals surface area contributed by atoms with Crippen LogP contribution in [0, 0.1) is 23.7 Å². The second kappa shape index (κ2) is 2.24. The molecule has 0 aromatic carbocycles. The summed E-state index contributed by atoms with van der Waals surface area (Å²) in [6.07, 6.45) is 11.0. The fraction of sp³-hybridized carbons (Fsp3) is 1.00. The molecule has 11 heavy (non-hydrogen) atoms. The summed E-state index contributed by atoms with van der Waals surface area (Å²) in [6.45, 7) is 0. The van der Waals surface area contributed by atoms with Crippen LogP contribution in [0.5, 0.6) is 0 Å². The maximum atomic E-state index is 1.59. The van der Waals surface area contributed by atoms with E-state index in [1.807, 2.05) is 0 Å². The van der Waals surface area contributed by atoms with Crippen molar-refractivity contribution in [1.82, 2.24) is 0 Å². The van der Waals surface area contributed by atoms with E-state index in [9.17, 15) is 0 Å². The average Bonchev–Trinajstić information content (AvgIpc) is 2.44. The maximum absolute atomic E-state index is 1.59. The molecule has 3 saturated carbocycles. The van der Waals surface area contributed by atoms with E-state index in [4.69, 9.17) is 0 Å². The van der Waals surface area contributed by atoms with Crippen molar-refractivity contribution in [3.05, 3.63) is 0 Å². The third-order valence-corrected chi connectivity index (χ3v) is 4.60. The van der Waals surface area contributed by atoms with E-state index in [1.165, 1.54) is 23.7 Å². The molecule has 0 N–H and O–H groups in total. The van der Waals surface area contributed by atoms with Crippen LogP contribution >= 0.6 is 0 Å². The quantitative estimate of drug-likeness (QED) is 0.497. The number of hydrogen-bond donors (Lipinski definition) is 0. The van der Waals surface area contributed by atoms with E-state index >= 15 is 0 Å². The van der Waals surface area contributed by atoms with Gasteiger partial charge in [-0.15, -0.1) is 0 Å². The Morgan fingerprint density at radius 2 is 0.818 bits per heavy atom. The molecule has 3 aliphatic carbocycles. The minimum absolute atomic E-state index is 1.20. The van der Waals surface area contributed by atoms with Crippen LogP contribution in [0.4, 0.5) is 0 Å². The number of fused-ring (bicyclic) bond motifs is 4. The largest absolute Gasteiger partial charge is 0.0530 e. The van der Waals surface area contributed by atoms with Crippen molar-refractivity contribution in [3.8, 4) is 0 Å². The summed E-state index contributed by atoms with van der Waals surface area (Å²) >= 11 is 0. The van der Waals surface area contributed by atoms with Gasteiger partial charge in [0.25, 0.3) is 0 Å². The second-order valence-corrected chi connectivity index (χ2v) is 4.87. The highest BCUT2D eigenvalue weighted by atomic mass is 14.6. The summed E-state index contributed by atoms with van der Waals surface area (Å²) < 4.78 is 0. The lowest BCUT2D eigenvalue weighted by Gasteiger charge is -2.52. The molecule has 4 unspecified atom stereocenters. The maximum Gasteiger partial charge on any atom is -0.0352 e. The van der Waals surface area contributed by atoms with E-state index in [-0.39, 0.29) is 0 Å². The van der Waals surface area contributed by atoms with Crippen molar-refractivity contribution in [2.24, 2.45) is 23.7 Å². The van der Waals surface area contributed by atoms with Crippen molar-refractivity contribution in [2.45, 2.75) is 44.9 Å². The van der Waals surface area contributed by atoms with Crippen LogP contribution in [0.25, 0.3) is 0 Å². The zero-order valence-electron chi connectivity index (χ0n) is 7.26. The van der Waals surface area contributed by atoms with Crippen molar-refractivity contribution < 1.29 is 0 Å². The molecule has 0 spiro atoms. The van der Waals surface area contributed by atoms with Gasteiger partial charge in [0.15, 0.2) is 0 Å². The van der Waals surface area contributed by atoms with Crippen LogP contribution in [0.1, 0.15) is 44.9 Å². The summed E-state index contributed by atoms with van der Waals surface area (Å²) in [6, 6.07) is 0. The first-order chi connectivity index (χ1) is 5.47. The molecule has 0 aromatic rings. The lowest BCUT2D eigenvalue weighted by atomic mass is 9.53. The molecule has 3 rings (SSSR count). The van der Waals surface area contributed by atoms with Crippen LogP contribution < -0.4 is 0 Å². The molecule has 62 valence electrons. The van der Waals surface area contributed by atoms with Gasteiger partial charge in [0.2, 0.25) is 0 Å². The highest BCUT2D eigenvalue weighted by Crippen LogP contribution is 2.60. The average molecular weight is 150 g/mol. The van der Waals surface area contributed by atoms with Gasteiger partial charge in [0.1, 0.15) is 0 Å². The molecular weight excluding hydrogens is 132 g/mol. The molecule has 0 heteroatoms. The Bertz CT molecular complexity index is 143. The van der Waals surface area contributed by atoms with E-state index < -0.39 is 0 Å². The minimum Gasteiger partial charge on any atom is -0.0530 e. The van der Waals surface area contributed by atoms with Gasteiger partial charge < -0.3 is 0 Å². The summed E-state index contributed by atoms with van der Waals surface area (Å²) in [5.41, 5.74) is 0. The van der Waals surface area contributed by atoms with Gasteiger partial charge in [-0.25, -0.2) is 0 Å². The third kappa shape index (κ3) is 0.761. The second-order valence-electron chi connectivity index (χ2n) is 4.87. The summed E-state index contributed by atoms with van der Waals surface area (Å²) in [5.74, 6) is 4.83. The molecule has 0 amide bonds. The van der Waals surface area contributed by atoms with Gasteiger partial charge in [-0.2, -0.15) is 0 Å². The Balaban J connectivity index is 1.77. The summed E-state index contributed by atoms with van der Waals surface area (Å²) in [5, 5.41) is 0. The molecule has 0 radical (unpaired) electrons. The number of rotatable bonds is 0. The zero-order chi connectivity index (χ0) is 7.26. The Morgan fingerprint density at radius 3 is 1.27 bits per heavy atom. The topological polar surface area (TPSA) is 0 Å². The van der Waals surface area contributed by atoms with E-state index in [1.54, 1.807) is 44.9 Å². The predicted molar refractivity (Wildman–Crippen MR) is 46.3 cm³/mol. The van der Waals surface area contributed by atoms with Crippen molar-refractivity contribution >= 4 is 0 Å². The Kier molecular flexibility index (Phi) is 1.33. The normalized spacial score (nSPS) is 54.5. The predicted octanol–water partition coefficient (Wildman–Crippen LogP) is 3.22. The zero-order valence-corrected chi connectivity index (χ0v) is 7.26. The molecule has 4 atom stereocenters. The SMILES string of the molecule is C1CCC2C(C1)C1CCCC21. The molecule has 0 bridgehead atoms. The summed E-state index contributed by atoms with van der Waals surface area (Å²) in [4.78, 5) is 0. The highest BCUT2D eigenvalue weighted by Gasteiger charge is 2.51. The number of hydrogen-bond acceptors (Lipinski definition) is 0. The lowest BCUT2D eigenvalue weighted by Crippen LogP contribution is -2.45. The Morgan fingerprint density at radius 1 is 0.455 bits per heavy atom. The first kappa shape index (κ1) is 6.51. The third-order valence-electron chi connectivity index (χ3n) is 4.60. The summed E-state index contributed by atoms with van der Waals surface area (Å²) in [7, 11) is 0. The van der Waals surface area contributed by atoms with Crippen molar-refractivity contribution in [2.75, 3.05) is 0 Å². The van der Waals surface area contributed by atoms with E-state index in [0.29, 0.717) is 0 Å². The minimum atomic E-state index is 1.20. The van der Waals surface area contributed by atoms with Crippen LogP contribution in [-0.2, 0) is 0 Å². The standard InChI is InChI=1S/C11H18/c1-2-5-9-8(4-1)10-6-3-7-11(9)10/h8-11H,1-7H2. The molecular formula is C11H18. The highest BCUT2D eigenvalue weighted by molar-refractivity contribution is 5.01. The molecule has 0 aromatic heterocycles. The first-order valence-corrected chi connectivity index (χ1v) is 5.47. The van der Waals surface area contributed by atoms with Gasteiger partial charge in [-0.05, 0) is 49.4 Å². The molecule has 0 nitrogen and oxygen atoms in total. The smallest absolute Gasteiger partial charge is 0.0352 e. The van der Waals surface area contributed by atoms with E-state index in [0.717, 1.165) is 0 Å². The molecule has 0 heterocycles. The molecule has 3 fully saturated rings. The fourth-order valence-corrected chi connectivity index (χ4v) is 4.19. The van der Waals surface area contributed by atoms with Gasteiger partial charge >= 0.3 is 0 Å². The van der Waals surface area contributed by atoms with Crippen molar-refractivity contribution in [1.29, 1.82) is 0 Å². The molecule has 0 saturated heterocycles. The van der Waals surface area contributed by atoms with Gasteiger partial charge in [-0.3, -0.25) is 0 Å². The monoisotopic (exact) mass is 150 g/mol. The molecule has 3 aliphatic rings. The van der Waals surface area contributed by atoms with Crippen LogP contribution in [0.2, 0.25) is 0 Å². The fourth-order valence-electron chi connectivity index (χ4n) is 4.19. The van der Waals surface area contributed by atoms with Crippen LogP contribution in [-0.4, -0.2) is 0 Å². The van der Waals surface area contributed by atoms with Gasteiger partial charge in [0, 0.05) is 0 Å². The lowest BCUT2D eigenvalue weighted by molar-refractivity contribution is -0.0305. The van der Waals surface area contributed by atoms with Gasteiger partial charge in [-0.1, -0.05) is 19.3 Å². The van der Waals surface area contributed by atoms with E-state index in [2.05, 4.69) is 0 Å². The van der Waals surface area contributed by atoms with Crippen LogP contribution in [0.3, 0.4) is 0 Å². The molecule has 0 aliphatic heterocycles.